The third-order valence-corrected chi connectivity index (χ3v) is 3.66. The summed E-state index contributed by atoms with van der Waals surface area (Å²) in [6.07, 6.45) is 5.57. The van der Waals surface area contributed by atoms with Crippen molar-refractivity contribution in [2.45, 2.75) is 32.3 Å². The number of nitrogens with zero attached hydrogens (tertiary/aromatic N) is 2. The first-order chi connectivity index (χ1) is 11.1. The molecule has 1 amide bonds. The number of carbonyl (C=O) groups is 1. The normalized spacial score (nSPS) is 15.9. The molecule has 0 spiro atoms. The van der Waals surface area contributed by atoms with Gasteiger partial charge in [0.1, 0.15) is 17.4 Å². The molecule has 0 radical (unpaired) electrons. The van der Waals surface area contributed by atoms with Gasteiger partial charge in [-0.2, -0.15) is 14.0 Å². The molecule has 0 aliphatic carbocycles. The van der Waals surface area contributed by atoms with E-state index in [0.717, 1.165) is 25.7 Å². The number of likely N-dealkylation sites (tertiary alicyclic amines) is 1. The molecule has 0 aromatic heterocycles. The van der Waals surface area contributed by atoms with Crippen molar-refractivity contribution >= 4 is 12.0 Å². The van der Waals surface area contributed by atoms with Crippen molar-refractivity contribution in [3.05, 3.63) is 35.4 Å². The van der Waals surface area contributed by atoms with Gasteiger partial charge in [-0.05, 0) is 36.6 Å². The van der Waals surface area contributed by atoms with E-state index < -0.39 is 6.61 Å². The number of hydrogen-bond donors (Lipinski definition) is 0. The zero-order valence-corrected chi connectivity index (χ0v) is 12.7. The van der Waals surface area contributed by atoms with Crippen LogP contribution in [-0.4, -0.2) is 30.5 Å². The fourth-order valence-corrected chi connectivity index (χ4v) is 2.50. The molecule has 0 atom stereocenters. The lowest BCUT2D eigenvalue weighted by atomic mass is 10.1. The molecule has 1 aromatic rings. The van der Waals surface area contributed by atoms with Crippen molar-refractivity contribution in [2.75, 3.05) is 13.1 Å². The number of halogens is 2. The van der Waals surface area contributed by atoms with Crippen molar-refractivity contribution < 1.29 is 18.3 Å². The third kappa shape index (κ3) is 5.06. The van der Waals surface area contributed by atoms with Crippen molar-refractivity contribution in [3.8, 4) is 11.8 Å². The Labute approximate surface area is 134 Å². The molecule has 1 aromatic carbocycles. The van der Waals surface area contributed by atoms with E-state index in [4.69, 9.17) is 0 Å². The van der Waals surface area contributed by atoms with Crippen LogP contribution < -0.4 is 4.74 Å². The minimum atomic E-state index is -2.88. The zero-order chi connectivity index (χ0) is 16.7. The lowest BCUT2D eigenvalue weighted by molar-refractivity contribution is -0.126. The number of ether oxygens (including phenoxy) is 1. The van der Waals surface area contributed by atoms with Crippen molar-refractivity contribution in [3.63, 3.8) is 0 Å². The number of alkyl halides is 2. The Kier molecular flexibility index (Phi) is 6.10. The molecule has 4 nitrogen and oxygen atoms in total. The van der Waals surface area contributed by atoms with Crippen molar-refractivity contribution in [1.82, 2.24) is 4.90 Å². The predicted molar refractivity (Wildman–Crippen MR) is 81.7 cm³/mol. The summed E-state index contributed by atoms with van der Waals surface area (Å²) in [6.45, 7) is -1.55. The van der Waals surface area contributed by atoms with Gasteiger partial charge in [0.25, 0.3) is 5.91 Å². The standard InChI is InChI=1S/C17H18F2N2O2/c18-17(19)23-15-7-5-13(6-8-15)11-14(12-20)16(22)21-9-3-1-2-4-10-21/h5-8,11,17H,1-4,9-10H2/b14-11+. The Bertz CT molecular complexity index is 598. The van der Waals surface area contributed by atoms with Crippen LogP contribution in [0, 0.1) is 11.3 Å². The van der Waals surface area contributed by atoms with Crippen LogP contribution in [0.15, 0.2) is 29.8 Å². The monoisotopic (exact) mass is 320 g/mol. The Morgan fingerprint density at radius 1 is 1.17 bits per heavy atom. The number of rotatable bonds is 4. The topological polar surface area (TPSA) is 53.3 Å². The van der Waals surface area contributed by atoms with Crippen LogP contribution in [0.2, 0.25) is 0 Å². The van der Waals surface area contributed by atoms with E-state index >= 15 is 0 Å². The van der Waals surface area contributed by atoms with Gasteiger partial charge < -0.3 is 9.64 Å². The first kappa shape index (κ1) is 16.9. The van der Waals surface area contributed by atoms with Gasteiger partial charge in [-0.25, -0.2) is 0 Å². The van der Waals surface area contributed by atoms with Gasteiger partial charge in [0.2, 0.25) is 0 Å². The molecule has 0 bridgehead atoms. The lowest BCUT2D eigenvalue weighted by Gasteiger charge is -2.19. The summed E-state index contributed by atoms with van der Waals surface area (Å²) in [6, 6.07) is 7.76. The largest absolute Gasteiger partial charge is 0.435 e. The first-order valence-electron chi connectivity index (χ1n) is 7.56. The maximum absolute atomic E-state index is 12.4. The maximum atomic E-state index is 12.4. The molecule has 0 saturated carbocycles. The van der Waals surface area contributed by atoms with Crippen molar-refractivity contribution in [1.29, 1.82) is 5.26 Å². The molecule has 0 N–H and O–H groups in total. The van der Waals surface area contributed by atoms with Gasteiger partial charge in [-0.3, -0.25) is 4.79 Å². The summed E-state index contributed by atoms with van der Waals surface area (Å²) in [4.78, 5) is 14.1. The quantitative estimate of drug-likeness (QED) is 0.629. The van der Waals surface area contributed by atoms with E-state index in [0.29, 0.717) is 18.7 Å². The van der Waals surface area contributed by atoms with E-state index in [1.165, 1.54) is 30.3 Å². The molecule has 0 unspecified atom stereocenters. The number of benzene rings is 1. The predicted octanol–water partition coefficient (Wildman–Crippen LogP) is 3.60. The smallest absolute Gasteiger partial charge is 0.387 e. The van der Waals surface area contributed by atoms with Gasteiger partial charge in [0.05, 0.1) is 0 Å². The average Bonchev–Trinajstić information content (AvgIpc) is 2.82. The summed E-state index contributed by atoms with van der Waals surface area (Å²) in [7, 11) is 0. The molecule has 1 aliphatic heterocycles. The molecule has 1 fully saturated rings. The number of carbonyl (C=O) groups excluding carboxylic acids is 1. The first-order valence-corrected chi connectivity index (χ1v) is 7.56. The summed E-state index contributed by atoms with van der Waals surface area (Å²) in [5.41, 5.74) is 0.640. The third-order valence-electron chi connectivity index (χ3n) is 3.66. The zero-order valence-electron chi connectivity index (χ0n) is 12.7. The Hall–Kier alpha value is -2.42. The van der Waals surface area contributed by atoms with Gasteiger partial charge in [-0.1, -0.05) is 25.0 Å². The van der Waals surface area contributed by atoms with Crippen LogP contribution in [0.4, 0.5) is 8.78 Å². The van der Waals surface area contributed by atoms with Crippen LogP contribution in [0.1, 0.15) is 31.2 Å². The SMILES string of the molecule is N#C/C(=C\c1ccc(OC(F)F)cc1)C(=O)N1CCCCCC1. The van der Waals surface area contributed by atoms with Gasteiger partial charge in [0, 0.05) is 13.1 Å². The fourth-order valence-electron chi connectivity index (χ4n) is 2.50. The number of nitriles is 1. The van der Waals surface area contributed by atoms with E-state index in [2.05, 4.69) is 4.74 Å². The Morgan fingerprint density at radius 3 is 2.30 bits per heavy atom. The van der Waals surface area contributed by atoms with E-state index in [1.54, 1.807) is 4.90 Å². The molecule has 23 heavy (non-hydrogen) atoms. The van der Waals surface area contributed by atoms with Gasteiger partial charge in [-0.15, -0.1) is 0 Å². The van der Waals surface area contributed by atoms with E-state index in [-0.39, 0.29) is 17.2 Å². The van der Waals surface area contributed by atoms with Crippen LogP contribution in [0.3, 0.4) is 0 Å². The molecule has 2 rings (SSSR count). The summed E-state index contributed by atoms with van der Waals surface area (Å²) in [5.74, 6) is -0.239. The molecule has 1 aliphatic rings. The van der Waals surface area contributed by atoms with Crippen LogP contribution in [0.5, 0.6) is 5.75 Å². The van der Waals surface area contributed by atoms with Crippen LogP contribution >= 0.6 is 0 Å². The van der Waals surface area contributed by atoms with E-state index in [9.17, 15) is 18.8 Å². The van der Waals surface area contributed by atoms with Gasteiger partial charge >= 0.3 is 6.61 Å². The van der Waals surface area contributed by atoms with Crippen LogP contribution in [0.25, 0.3) is 6.08 Å². The Morgan fingerprint density at radius 2 is 1.78 bits per heavy atom. The van der Waals surface area contributed by atoms with E-state index in [1.807, 2.05) is 6.07 Å². The summed E-state index contributed by atoms with van der Waals surface area (Å²) >= 11 is 0. The average molecular weight is 320 g/mol. The molecule has 1 saturated heterocycles. The second-order valence-corrected chi connectivity index (χ2v) is 5.32. The van der Waals surface area contributed by atoms with Crippen LogP contribution in [-0.2, 0) is 4.79 Å². The second-order valence-electron chi connectivity index (χ2n) is 5.32. The maximum Gasteiger partial charge on any atom is 0.387 e. The highest BCUT2D eigenvalue weighted by Crippen LogP contribution is 2.18. The Balaban J connectivity index is 2.11. The summed E-state index contributed by atoms with van der Waals surface area (Å²) < 4.78 is 28.5. The molecule has 1 heterocycles. The number of amides is 1. The lowest BCUT2D eigenvalue weighted by Crippen LogP contribution is -2.32. The second kappa shape index (κ2) is 8.28. The molecular weight excluding hydrogens is 302 g/mol. The highest BCUT2D eigenvalue weighted by atomic mass is 19.3. The van der Waals surface area contributed by atoms with Crippen molar-refractivity contribution in [2.24, 2.45) is 0 Å². The number of hydrogen-bond acceptors (Lipinski definition) is 3. The minimum Gasteiger partial charge on any atom is -0.435 e. The molecule has 122 valence electrons. The summed E-state index contributed by atoms with van der Waals surface area (Å²) in [5, 5.41) is 9.24. The highest BCUT2D eigenvalue weighted by molar-refractivity contribution is 6.01. The fraction of sp³-hybridized carbons (Fsp3) is 0.412. The van der Waals surface area contributed by atoms with Gasteiger partial charge in [0.15, 0.2) is 0 Å². The highest BCUT2D eigenvalue weighted by Gasteiger charge is 2.19. The minimum absolute atomic E-state index is 0.0366. The molecular formula is C17H18F2N2O2. The molecule has 6 heteroatoms.